The molecule has 8 nitrogen and oxygen atoms in total. The molecule has 4 N–H and O–H groups in total. The van der Waals surface area contributed by atoms with E-state index in [9.17, 15) is 8.42 Å². The highest BCUT2D eigenvalue weighted by Crippen LogP contribution is 1.96. The molecule has 0 aromatic carbocycles. The molecule has 1 heterocycles. The van der Waals surface area contributed by atoms with Crippen LogP contribution in [0.5, 0.6) is 0 Å². The fraction of sp³-hybridized carbons (Fsp3) is 0.714. The molecule has 1 rings (SSSR count). The number of hydrogen-bond donors (Lipinski definition) is 3. The largest absolute Gasteiger partial charge is 0.330 e. The molecule has 16 heavy (non-hydrogen) atoms. The smallest absolute Gasteiger partial charge is 0.279 e. The van der Waals surface area contributed by atoms with Gasteiger partial charge in [0.15, 0.2) is 0 Å². The second-order valence-electron chi connectivity index (χ2n) is 3.22. The summed E-state index contributed by atoms with van der Waals surface area (Å²) < 4.78 is 26.9. The average Bonchev–Trinajstić information content (AvgIpc) is 2.76. The van der Waals surface area contributed by atoms with Gasteiger partial charge in [0.05, 0.1) is 6.54 Å². The summed E-state index contributed by atoms with van der Waals surface area (Å²) in [6, 6.07) is 0. The summed E-state index contributed by atoms with van der Waals surface area (Å²) in [5.74, 6) is 0.468. The Morgan fingerprint density at radius 1 is 1.62 bits per heavy atom. The van der Waals surface area contributed by atoms with Gasteiger partial charge in [0.2, 0.25) is 0 Å². The lowest BCUT2D eigenvalue weighted by molar-refractivity contribution is 0.452. The Morgan fingerprint density at radius 2 is 2.38 bits per heavy atom. The van der Waals surface area contributed by atoms with Crippen molar-refractivity contribution in [2.75, 3.05) is 20.1 Å². The van der Waals surface area contributed by atoms with Crippen LogP contribution in [0.3, 0.4) is 0 Å². The zero-order chi connectivity index (χ0) is 12.0. The molecular weight excluding hydrogens is 232 g/mol. The van der Waals surface area contributed by atoms with Gasteiger partial charge in [-0.05, 0) is 13.0 Å². The SMILES string of the molecule is CN(CCCN)S(=O)(=O)NCc1ncn[nH]1. The van der Waals surface area contributed by atoms with Crippen LogP contribution in [0.25, 0.3) is 0 Å². The zero-order valence-corrected chi connectivity index (χ0v) is 9.87. The first-order valence-electron chi connectivity index (χ1n) is 4.81. The van der Waals surface area contributed by atoms with Crippen LogP contribution in [0.2, 0.25) is 0 Å². The van der Waals surface area contributed by atoms with Crippen molar-refractivity contribution >= 4 is 10.2 Å². The molecule has 0 atom stereocenters. The molecule has 0 saturated heterocycles. The maximum Gasteiger partial charge on any atom is 0.279 e. The van der Waals surface area contributed by atoms with E-state index in [0.29, 0.717) is 25.3 Å². The topological polar surface area (TPSA) is 117 Å². The minimum absolute atomic E-state index is 0.0926. The van der Waals surface area contributed by atoms with E-state index in [1.54, 1.807) is 0 Å². The number of nitrogens with zero attached hydrogens (tertiary/aromatic N) is 3. The van der Waals surface area contributed by atoms with Crippen LogP contribution < -0.4 is 10.5 Å². The van der Waals surface area contributed by atoms with Crippen LogP contribution in [0.1, 0.15) is 12.2 Å². The van der Waals surface area contributed by atoms with E-state index >= 15 is 0 Å². The molecule has 0 bridgehead atoms. The monoisotopic (exact) mass is 248 g/mol. The fourth-order valence-electron chi connectivity index (χ4n) is 1.02. The van der Waals surface area contributed by atoms with Crippen molar-refractivity contribution < 1.29 is 8.42 Å². The van der Waals surface area contributed by atoms with Crippen LogP contribution in [-0.4, -0.2) is 48.0 Å². The van der Waals surface area contributed by atoms with E-state index in [2.05, 4.69) is 19.9 Å². The second kappa shape index (κ2) is 5.89. The minimum Gasteiger partial charge on any atom is -0.330 e. The van der Waals surface area contributed by atoms with Gasteiger partial charge in [-0.1, -0.05) is 0 Å². The van der Waals surface area contributed by atoms with Gasteiger partial charge in [-0.15, -0.1) is 0 Å². The molecule has 9 heteroatoms. The summed E-state index contributed by atoms with van der Waals surface area (Å²) in [5, 5.41) is 6.18. The highest BCUT2D eigenvalue weighted by molar-refractivity contribution is 7.87. The summed E-state index contributed by atoms with van der Waals surface area (Å²) in [7, 11) is -1.97. The Hall–Kier alpha value is -1.03. The van der Waals surface area contributed by atoms with Crippen molar-refractivity contribution in [1.82, 2.24) is 24.2 Å². The lowest BCUT2D eigenvalue weighted by atomic mass is 10.4. The molecule has 0 spiro atoms. The van der Waals surface area contributed by atoms with E-state index < -0.39 is 10.2 Å². The van der Waals surface area contributed by atoms with E-state index in [4.69, 9.17) is 5.73 Å². The molecule has 0 aliphatic heterocycles. The summed E-state index contributed by atoms with van der Waals surface area (Å²) in [4.78, 5) is 3.81. The first-order chi connectivity index (χ1) is 7.56. The number of aromatic nitrogens is 3. The molecule has 92 valence electrons. The van der Waals surface area contributed by atoms with Gasteiger partial charge in [-0.25, -0.2) is 4.98 Å². The molecule has 1 aromatic rings. The Labute approximate surface area is 94.4 Å². The number of aromatic amines is 1. The van der Waals surface area contributed by atoms with E-state index in [0.717, 1.165) is 0 Å². The number of rotatable bonds is 7. The Balaban J connectivity index is 2.45. The van der Waals surface area contributed by atoms with Gasteiger partial charge in [0.25, 0.3) is 10.2 Å². The number of hydrogen-bond acceptors (Lipinski definition) is 5. The van der Waals surface area contributed by atoms with Crippen LogP contribution >= 0.6 is 0 Å². The third kappa shape index (κ3) is 3.85. The average molecular weight is 248 g/mol. The molecule has 0 unspecified atom stereocenters. The lowest BCUT2D eigenvalue weighted by Crippen LogP contribution is -2.39. The van der Waals surface area contributed by atoms with Gasteiger partial charge in [0.1, 0.15) is 12.2 Å². The summed E-state index contributed by atoms with van der Waals surface area (Å²) in [6.07, 6.45) is 1.95. The molecule has 0 aliphatic carbocycles. The van der Waals surface area contributed by atoms with Crippen LogP contribution in [0.4, 0.5) is 0 Å². The summed E-state index contributed by atoms with van der Waals surface area (Å²) >= 11 is 0. The first kappa shape index (κ1) is 13.0. The minimum atomic E-state index is -3.47. The third-order valence-electron chi connectivity index (χ3n) is 1.97. The van der Waals surface area contributed by atoms with Gasteiger partial charge >= 0.3 is 0 Å². The van der Waals surface area contributed by atoms with Gasteiger partial charge in [-0.3, -0.25) is 5.10 Å². The Morgan fingerprint density at radius 3 is 2.94 bits per heavy atom. The highest BCUT2D eigenvalue weighted by atomic mass is 32.2. The molecule has 0 aliphatic rings. The second-order valence-corrected chi connectivity index (χ2v) is 5.08. The molecule has 0 saturated carbocycles. The van der Waals surface area contributed by atoms with Crippen molar-refractivity contribution in [1.29, 1.82) is 0 Å². The molecule has 0 amide bonds. The highest BCUT2D eigenvalue weighted by Gasteiger charge is 2.16. The maximum absolute atomic E-state index is 11.6. The van der Waals surface area contributed by atoms with E-state index in [1.807, 2.05) is 0 Å². The van der Waals surface area contributed by atoms with Gasteiger partial charge in [-0.2, -0.15) is 22.5 Å². The summed E-state index contributed by atoms with van der Waals surface area (Å²) in [6.45, 7) is 0.944. The van der Waals surface area contributed by atoms with Crippen molar-refractivity contribution in [3.63, 3.8) is 0 Å². The standard InChI is InChI=1S/C7H16N6O2S/c1-13(4-2-3-8)16(14,15)11-5-7-9-6-10-12-7/h6,11H,2-5,8H2,1H3,(H,9,10,12). The normalized spacial score (nSPS) is 12.2. The molecule has 0 fully saturated rings. The van der Waals surface area contributed by atoms with E-state index in [1.165, 1.54) is 17.7 Å². The van der Waals surface area contributed by atoms with Crippen LogP contribution in [0.15, 0.2) is 6.33 Å². The fourth-order valence-corrected chi connectivity index (χ4v) is 1.93. The van der Waals surface area contributed by atoms with Crippen LogP contribution in [-0.2, 0) is 16.8 Å². The van der Waals surface area contributed by atoms with E-state index in [-0.39, 0.29) is 6.54 Å². The predicted molar refractivity (Wildman–Crippen MR) is 58.4 cm³/mol. The van der Waals surface area contributed by atoms with Crippen molar-refractivity contribution in [2.24, 2.45) is 5.73 Å². The van der Waals surface area contributed by atoms with Crippen LogP contribution in [0, 0.1) is 0 Å². The molecule has 1 aromatic heterocycles. The van der Waals surface area contributed by atoms with Crippen molar-refractivity contribution in [3.8, 4) is 0 Å². The molecular formula is C7H16N6O2S. The lowest BCUT2D eigenvalue weighted by Gasteiger charge is -2.16. The number of nitrogens with one attached hydrogen (secondary N) is 2. The maximum atomic E-state index is 11.6. The van der Waals surface area contributed by atoms with Crippen molar-refractivity contribution in [3.05, 3.63) is 12.2 Å². The molecule has 0 radical (unpaired) electrons. The quantitative estimate of drug-likeness (QED) is 0.538. The Bertz CT molecular complexity index is 389. The van der Waals surface area contributed by atoms with Gasteiger partial charge in [0, 0.05) is 13.6 Å². The Kier molecular flexibility index (Phi) is 4.80. The summed E-state index contributed by atoms with van der Waals surface area (Å²) in [5.41, 5.74) is 5.31. The zero-order valence-electron chi connectivity index (χ0n) is 9.05. The van der Waals surface area contributed by atoms with Crippen molar-refractivity contribution in [2.45, 2.75) is 13.0 Å². The number of H-pyrrole nitrogens is 1. The van der Waals surface area contributed by atoms with Gasteiger partial charge < -0.3 is 5.73 Å². The third-order valence-corrected chi connectivity index (χ3v) is 3.49. The first-order valence-corrected chi connectivity index (χ1v) is 6.25. The predicted octanol–water partition coefficient (Wildman–Crippen LogP) is -1.58. The number of nitrogens with two attached hydrogens (primary N) is 1.